The van der Waals surface area contributed by atoms with E-state index in [1.807, 2.05) is 24.7 Å². The van der Waals surface area contributed by atoms with Crippen molar-refractivity contribution in [1.29, 1.82) is 0 Å². The first-order valence-corrected chi connectivity index (χ1v) is 6.94. The van der Waals surface area contributed by atoms with E-state index in [9.17, 15) is 0 Å². The summed E-state index contributed by atoms with van der Waals surface area (Å²) in [5, 5.41) is 7.62. The van der Waals surface area contributed by atoms with Gasteiger partial charge < -0.3 is 9.88 Å². The van der Waals surface area contributed by atoms with Gasteiger partial charge in [0.15, 0.2) is 0 Å². The highest BCUT2D eigenvalue weighted by Crippen LogP contribution is 2.08. The third kappa shape index (κ3) is 3.55. The molecule has 0 unspecified atom stereocenters. The number of imidazole rings is 1. The zero-order chi connectivity index (χ0) is 14.5. The van der Waals surface area contributed by atoms with Crippen LogP contribution in [0.5, 0.6) is 0 Å². The van der Waals surface area contributed by atoms with Crippen LogP contribution >= 0.6 is 0 Å². The summed E-state index contributed by atoms with van der Waals surface area (Å²) in [4.78, 5) is 8.00. The Labute approximate surface area is 123 Å². The van der Waals surface area contributed by atoms with Crippen LogP contribution in [0, 0.1) is 0 Å². The van der Waals surface area contributed by atoms with Gasteiger partial charge in [0.25, 0.3) is 0 Å². The molecule has 3 rings (SSSR count). The van der Waals surface area contributed by atoms with Gasteiger partial charge in [-0.1, -0.05) is 12.1 Å². The van der Waals surface area contributed by atoms with Crippen molar-refractivity contribution in [3.05, 3.63) is 61.2 Å². The van der Waals surface area contributed by atoms with Gasteiger partial charge in [0.2, 0.25) is 0 Å². The lowest BCUT2D eigenvalue weighted by Gasteiger charge is -2.14. The van der Waals surface area contributed by atoms with Crippen LogP contribution in [0.15, 0.2) is 55.6 Å². The molecule has 0 aliphatic heterocycles. The SMILES string of the molecule is C[C@@H](Cn1ccnc1)NCc1ccc(-n2cncn2)cc1. The molecule has 0 aliphatic rings. The van der Waals surface area contributed by atoms with Crippen molar-refractivity contribution in [3.63, 3.8) is 0 Å². The van der Waals surface area contributed by atoms with Crippen molar-refractivity contribution in [3.8, 4) is 5.69 Å². The largest absolute Gasteiger partial charge is 0.336 e. The van der Waals surface area contributed by atoms with Crippen molar-refractivity contribution in [1.82, 2.24) is 29.6 Å². The van der Waals surface area contributed by atoms with Gasteiger partial charge in [0.1, 0.15) is 12.7 Å². The second-order valence-electron chi connectivity index (χ2n) is 5.05. The summed E-state index contributed by atoms with van der Waals surface area (Å²) in [6.45, 7) is 3.92. The Balaban J connectivity index is 1.53. The van der Waals surface area contributed by atoms with Gasteiger partial charge in [-0.05, 0) is 24.6 Å². The van der Waals surface area contributed by atoms with Crippen LogP contribution in [0.25, 0.3) is 5.69 Å². The predicted octanol–water partition coefficient (Wildman–Crippen LogP) is 1.64. The van der Waals surface area contributed by atoms with Crippen LogP contribution in [0.3, 0.4) is 0 Å². The molecule has 108 valence electrons. The molecule has 0 aliphatic carbocycles. The van der Waals surface area contributed by atoms with E-state index in [1.165, 1.54) is 11.9 Å². The molecule has 0 fully saturated rings. The molecule has 1 atom stereocenters. The summed E-state index contributed by atoms with van der Waals surface area (Å²) in [5.41, 5.74) is 2.26. The maximum atomic E-state index is 4.11. The van der Waals surface area contributed by atoms with Crippen molar-refractivity contribution >= 4 is 0 Å². The number of nitrogens with zero attached hydrogens (tertiary/aromatic N) is 5. The van der Waals surface area contributed by atoms with E-state index in [-0.39, 0.29) is 0 Å². The van der Waals surface area contributed by atoms with Gasteiger partial charge in [-0.3, -0.25) is 0 Å². The zero-order valence-corrected chi connectivity index (χ0v) is 11.9. The highest BCUT2D eigenvalue weighted by Gasteiger charge is 2.03. The van der Waals surface area contributed by atoms with Gasteiger partial charge in [0.05, 0.1) is 12.0 Å². The fourth-order valence-electron chi connectivity index (χ4n) is 2.18. The predicted molar refractivity (Wildman–Crippen MR) is 79.9 cm³/mol. The molecule has 0 radical (unpaired) electrons. The molecule has 2 heterocycles. The first-order valence-electron chi connectivity index (χ1n) is 6.94. The Hall–Kier alpha value is -2.47. The minimum Gasteiger partial charge on any atom is -0.336 e. The molecule has 21 heavy (non-hydrogen) atoms. The van der Waals surface area contributed by atoms with E-state index >= 15 is 0 Å². The van der Waals surface area contributed by atoms with Crippen molar-refractivity contribution in [2.24, 2.45) is 0 Å². The summed E-state index contributed by atoms with van der Waals surface area (Å²) in [7, 11) is 0. The molecule has 3 aromatic rings. The zero-order valence-electron chi connectivity index (χ0n) is 11.9. The highest BCUT2D eigenvalue weighted by molar-refractivity contribution is 5.33. The Morgan fingerprint density at radius 3 is 2.67 bits per heavy atom. The molecule has 1 N–H and O–H groups in total. The number of hydrogen-bond donors (Lipinski definition) is 1. The lowest BCUT2D eigenvalue weighted by Crippen LogP contribution is -2.29. The van der Waals surface area contributed by atoms with Gasteiger partial charge >= 0.3 is 0 Å². The molecule has 2 aromatic heterocycles. The summed E-state index contributed by atoms with van der Waals surface area (Å²) in [6, 6.07) is 8.69. The molecule has 0 spiro atoms. The highest BCUT2D eigenvalue weighted by atomic mass is 15.3. The summed E-state index contributed by atoms with van der Waals surface area (Å²) < 4.78 is 3.82. The standard InChI is InChI=1S/C15H18N6/c1-13(9-20-7-6-16-11-20)18-8-14-2-4-15(5-3-14)21-12-17-10-19-21/h2-7,10-13,18H,8-9H2,1H3/t13-/m0/s1. The fraction of sp³-hybridized carbons (Fsp3) is 0.267. The van der Waals surface area contributed by atoms with Crippen LogP contribution in [-0.2, 0) is 13.1 Å². The summed E-state index contributed by atoms with van der Waals surface area (Å²) in [6.07, 6.45) is 8.85. The van der Waals surface area contributed by atoms with Crippen molar-refractivity contribution in [2.45, 2.75) is 26.1 Å². The minimum atomic E-state index is 0.384. The van der Waals surface area contributed by atoms with Crippen LogP contribution in [0.4, 0.5) is 0 Å². The lowest BCUT2D eigenvalue weighted by atomic mass is 10.2. The number of benzene rings is 1. The van der Waals surface area contributed by atoms with Gasteiger partial charge in [-0.15, -0.1) is 0 Å². The van der Waals surface area contributed by atoms with E-state index in [4.69, 9.17) is 0 Å². The summed E-state index contributed by atoms with van der Waals surface area (Å²) >= 11 is 0. The maximum Gasteiger partial charge on any atom is 0.138 e. The number of rotatable bonds is 6. The van der Waals surface area contributed by atoms with Crippen LogP contribution in [0.1, 0.15) is 12.5 Å². The number of nitrogens with one attached hydrogen (secondary N) is 1. The fourth-order valence-corrected chi connectivity index (χ4v) is 2.18. The summed E-state index contributed by atoms with van der Waals surface area (Å²) in [5.74, 6) is 0. The Morgan fingerprint density at radius 1 is 1.14 bits per heavy atom. The van der Waals surface area contributed by atoms with Crippen LogP contribution in [-0.4, -0.2) is 30.4 Å². The number of aromatic nitrogens is 5. The third-order valence-electron chi connectivity index (χ3n) is 3.32. The molecule has 6 heteroatoms. The van der Waals surface area contributed by atoms with E-state index in [0.717, 1.165) is 18.8 Å². The molecule has 0 saturated heterocycles. The Bertz CT molecular complexity index is 642. The van der Waals surface area contributed by atoms with Gasteiger partial charge in [-0.2, -0.15) is 5.10 Å². The normalized spacial score (nSPS) is 12.4. The molecule has 0 bridgehead atoms. The van der Waals surface area contributed by atoms with Gasteiger partial charge in [0, 0.05) is 31.5 Å². The van der Waals surface area contributed by atoms with Crippen molar-refractivity contribution in [2.75, 3.05) is 0 Å². The molecule has 0 amide bonds. The van der Waals surface area contributed by atoms with Crippen LogP contribution in [0.2, 0.25) is 0 Å². The Morgan fingerprint density at radius 2 is 2.00 bits per heavy atom. The van der Waals surface area contributed by atoms with Crippen molar-refractivity contribution < 1.29 is 0 Å². The average molecular weight is 282 g/mol. The topological polar surface area (TPSA) is 60.6 Å². The van der Waals surface area contributed by atoms with E-state index in [2.05, 4.69) is 44.0 Å². The minimum absolute atomic E-state index is 0.384. The average Bonchev–Trinajstić information content (AvgIpc) is 3.19. The molecule has 0 saturated carbocycles. The van der Waals surface area contributed by atoms with E-state index < -0.39 is 0 Å². The molecular formula is C15H18N6. The maximum absolute atomic E-state index is 4.11. The second kappa shape index (κ2) is 6.32. The first-order chi connectivity index (χ1) is 10.3. The molecule has 1 aromatic carbocycles. The monoisotopic (exact) mass is 282 g/mol. The molecular weight excluding hydrogens is 264 g/mol. The lowest BCUT2D eigenvalue weighted by molar-refractivity contribution is 0.476. The van der Waals surface area contributed by atoms with Gasteiger partial charge in [-0.25, -0.2) is 14.6 Å². The first kappa shape index (κ1) is 13.5. The second-order valence-corrected chi connectivity index (χ2v) is 5.05. The Kier molecular flexibility index (Phi) is 4.07. The van der Waals surface area contributed by atoms with Crippen LogP contribution < -0.4 is 5.32 Å². The molecule has 6 nitrogen and oxygen atoms in total. The quantitative estimate of drug-likeness (QED) is 0.746. The number of hydrogen-bond acceptors (Lipinski definition) is 4. The van der Waals surface area contributed by atoms with E-state index in [0.29, 0.717) is 6.04 Å². The van der Waals surface area contributed by atoms with E-state index in [1.54, 1.807) is 17.2 Å². The smallest absolute Gasteiger partial charge is 0.138 e. The third-order valence-corrected chi connectivity index (χ3v) is 3.32.